The minimum absolute atomic E-state index is 0.0471. The molecule has 3 rings (SSSR count). The molecule has 2 aromatic carbocycles. The number of anilines is 1. The molecule has 0 aromatic heterocycles. The first-order valence-corrected chi connectivity index (χ1v) is 10.2. The predicted octanol–water partition coefficient (Wildman–Crippen LogP) is 4.00. The van der Waals surface area contributed by atoms with Crippen molar-refractivity contribution in [3.8, 4) is 0 Å². The SMILES string of the molecule is Cc1cccc(NC(=O)CSCC(=O)N(Cc2ccccc2F)C2CC2)c1. The lowest BCUT2D eigenvalue weighted by atomic mass is 10.2. The minimum atomic E-state index is -0.291. The maximum Gasteiger partial charge on any atom is 0.234 e. The molecule has 0 heterocycles. The van der Waals surface area contributed by atoms with Crippen molar-refractivity contribution >= 4 is 29.3 Å². The number of nitrogens with one attached hydrogen (secondary N) is 1. The van der Waals surface area contributed by atoms with E-state index < -0.39 is 0 Å². The number of carbonyl (C=O) groups is 2. The van der Waals surface area contributed by atoms with Crippen molar-refractivity contribution in [2.24, 2.45) is 0 Å². The molecule has 4 nitrogen and oxygen atoms in total. The summed E-state index contributed by atoms with van der Waals surface area (Å²) >= 11 is 1.28. The molecule has 0 unspecified atom stereocenters. The fourth-order valence-electron chi connectivity index (χ4n) is 2.85. The molecule has 2 aromatic rings. The van der Waals surface area contributed by atoms with Crippen LogP contribution in [0.5, 0.6) is 0 Å². The Hall–Kier alpha value is -2.34. The molecular formula is C21H23FN2O2S. The zero-order valence-corrected chi connectivity index (χ0v) is 16.1. The number of hydrogen-bond donors (Lipinski definition) is 1. The van der Waals surface area contributed by atoms with Gasteiger partial charge in [-0.1, -0.05) is 30.3 Å². The van der Waals surface area contributed by atoms with Gasteiger partial charge in [-0.15, -0.1) is 11.8 Å². The maximum absolute atomic E-state index is 13.9. The van der Waals surface area contributed by atoms with E-state index in [2.05, 4.69) is 5.32 Å². The molecule has 0 radical (unpaired) electrons. The van der Waals surface area contributed by atoms with Gasteiger partial charge >= 0.3 is 0 Å². The van der Waals surface area contributed by atoms with Crippen molar-refractivity contribution in [1.82, 2.24) is 4.90 Å². The summed E-state index contributed by atoms with van der Waals surface area (Å²) in [6.45, 7) is 2.25. The van der Waals surface area contributed by atoms with Gasteiger partial charge < -0.3 is 10.2 Å². The molecule has 0 bridgehead atoms. The Morgan fingerprint density at radius 2 is 1.93 bits per heavy atom. The number of hydrogen-bond acceptors (Lipinski definition) is 3. The highest BCUT2D eigenvalue weighted by Crippen LogP contribution is 2.29. The monoisotopic (exact) mass is 386 g/mol. The Kier molecular flexibility index (Phi) is 6.50. The van der Waals surface area contributed by atoms with E-state index in [1.807, 2.05) is 31.2 Å². The quantitative estimate of drug-likeness (QED) is 0.746. The van der Waals surface area contributed by atoms with Crippen molar-refractivity contribution in [3.63, 3.8) is 0 Å². The number of carbonyl (C=O) groups excluding carboxylic acids is 2. The van der Waals surface area contributed by atoms with E-state index >= 15 is 0 Å². The number of amides is 2. The van der Waals surface area contributed by atoms with Gasteiger partial charge in [-0.3, -0.25) is 9.59 Å². The summed E-state index contributed by atoms with van der Waals surface area (Å²) in [5.41, 5.74) is 2.36. The summed E-state index contributed by atoms with van der Waals surface area (Å²) in [5.74, 6) is -0.0508. The van der Waals surface area contributed by atoms with Crippen molar-refractivity contribution in [2.75, 3.05) is 16.8 Å². The maximum atomic E-state index is 13.9. The normalized spacial score (nSPS) is 13.3. The average molecular weight is 386 g/mol. The molecule has 6 heteroatoms. The van der Waals surface area contributed by atoms with Crippen molar-refractivity contribution in [2.45, 2.75) is 32.4 Å². The van der Waals surface area contributed by atoms with Gasteiger partial charge in [0.25, 0.3) is 0 Å². The summed E-state index contributed by atoms with van der Waals surface area (Å²) < 4.78 is 13.9. The summed E-state index contributed by atoms with van der Waals surface area (Å²) in [7, 11) is 0. The molecule has 27 heavy (non-hydrogen) atoms. The molecule has 2 amide bonds. The Balaban J connectivity index is 1.48. The highest BCUT2D eigenvalue weighted by atomic mass is 32.2. The molecule has 1 fully saturated rings. The minimum Gasteiger partial charge on any atom is -0.335 e. The third-order valence-corrected chi connectivity index (χ3v) is 5.28. The first-order valence-electron chi connectivity index (χ1n) is 9.00. The van der Waals surface area contributed by atoms with E-state index in [9.17, 15) is 14.0 Å². The molecular weight excluding hydrogens is 363 g/mol. The zero-order valence-electron chi connectivity index (χ0n) is 15.3. The average Bonchev–Trinajstić information content (AvgIpc) is 3.46. The van der Waals surface area contributed by atoms with E-state index in [-0.39, 0.29) is 41.7 Å². The van der Waals surface area contributed by atoms with E-state index in [0.29, 0.717) is 5.56 Å². The molecule has 0 saturated heterocycles. The molecule has 0 atom stereocenters. The van der Waals surface area contributed by atoms with Crippen LogP contribution in [-0.4, -0.2) is 34.3 Å². The summed E-state index contributed by atoms with van der Waals surface area (Å²) in [6, 6.07) is 14.3. The van der Waals surface area contributed by atoms with Crippen LogP contribution in [-0.2, 0) is 16.1 Å². The number of rotatable bonds is 8. The van der Waals surface area contributed by atoms with Crippen LogP contribution >= 0.6 is 11.8 Å². The fraction of sp³-hybridized carbons (Fsp3) is 0.333. The smallest absolute Gasteiger partial charge is 0.234 e. The lowest BCUT2D eigenvalue weighted by molar-refractivity contribution is -0.129. The van der Waals surface area contributed by atoms with Gasteiger partial charge in [0.05, 0.1) is 11.5 Å². The summed E-state index contributed by atoms with van der Waals surface area (Å²) in [5, 5.41) is 2.83. The van der Waals surface area contributed by atoms with Crippen LogP contribution in [0.1, 0.15) is 24.0 Å². The standard InChI is InChI=1S/C21H23FN2O2S/c1-15-5-4-7-17(11-15)23-20(25)13-27-14-21(26)24(18-9-10-18)12-16-6-2-3-8-19(16)22/h2-8,11,18H,9-10,12-14H2,1H3,(H,23,25). The van der Waals surface area contributed by atoms with Crippen LogP contribution in [0.15, 0.2) is 48.5 Å². The highest BCUT2D eigenvalue weighted by molar-refractivity contribution is 8.00. The van der Waals surface area contributed by atoms with E-state index in [1.54, 1.807) is 23.1 Å². The summed E-state index contributed by atoms with van der Waals surface area (Å²) in [6.07, 6.45) is 1.91. The van der Waals surface area contributed by atoms with Gasteiger partial charge in [0.15, 0.2) is 0 Å². The first-order chi connectivity index (χ1) is 13.0. The zero-order chi connectivity index (χ0) is 19.2. The van der Waals surface area contributed by atoms with Crippen molar-refractivity contribution in [3.05, 3.63) is 65.5 Å². The number of halogens is 1. The number of aryl methyl sites for hydroxylation is 1. The molecule has 142 valence electrons. The number of nitrogens with zero attached hydrogens (tertiary/aromatic N) is 1. The van der Waals surface area contributed by atoms with Crippen molar-refractivity contribution < 1.29 is 14.0 Å². The lowest BCUT2D eigenvalue weighted by Crippen LogP contribution is -2.34. The van der Waals surface area contributed by atoms with E-state index in [4.69, 9.17) is 0 Å². The topological polar surface area (TPSA) is 49.4 Å². The first kappa shape index (κ1) is 19.4. The number of thioether (sulfide) groups is 1. The van der Waals surface area contributed by atoms with Gasteiger partial charge in [0, 0.05) is 23.8 Å². The van der Waals surface area contributed by atoms with Gasteiger partial charge in [-0.25, -0.2) is 4.39 Å². The van der Waals surface area contributed by atoms with Crippen LogP contribution in [0, 0.1) is 12.7 Å². The van der Waals surface area contributed by atoms with Gasteiger partial charge in [0.1, 0.15) is 5.82 Å². The fourth-order valence-corrected chi connectivity index (χ4v) is 3.55. The lowest BCUT2D eigenvalue weighted by Gasteiger charge is -2.22. The van der Waals surface area contributed by atoms with Gasteiger partial charge in [-0.05, 0) is 43.5 Å². The molecule has 1 saturated carbocycles. The Morgan fingerprint density at radius 1 is 1.15 bits per heavy atom. The van der Waals surface area contributed by atoms with E-state index in [0.717, 1.165) is 24.1 Å². The van der Waals surface area contributed by atoms with Crippen LogP contribution in [0.3, 0.4) is 0 Å². The Labute approximate surface area is 163 Å². The van der Waals surface area contributed by atoms with Gasteiger partial charge in [-0.2, -0.15) is 0 Å². The van der Waals surface area contributed by atoms with Crippen LogP contribution < -0.4 is 5.32 Å². The van der Waals surface area contributed by atoms with Crippen molar-refractivity contribution in [1.29, 1.82) is 0 Å². The third kappa shape index (κ3) is 5.82. The predicted molar refractivity (Wildman–Crippen MR) is 107 cm³/mol. The van der Waals surface area contributed by atoms with Crippen LogP contribution in [0.2, 0.25) is 0 Å². The largest absolute Gasteiger partial charge is 0.335 e. The third-order valence-electron chi connectivity index (χ3n) is 4.37. The van der Waals surface area contributed by atoms with E-state index in [1.165, 1.54) is 17.8 Å². The van der Waals surface area contributed by atoms with Crippen LogP contribution in [0.4, 0.5) is 10.1 Å². The molecule has 1 aliphatic rings. The highest BCUT2D eigenvalue weighted by Gasteiger charge is 2.32. The second-order valence-electron chi connectivity index (χ2n) is 6.75. The van der Waals surface area contributed by atoms with Gasteiger partial charge in [0.2, 0.25) is 11.8 Å². The second-order valence-corrected chi connectivity index (χ2v) is 7.74. The Morgan fingerprint density at radius 3 is 2.63 bits per heavy atom. The molecule has 0 aliphatic heterocycles. The molecule has 0 spiro atoms. The summed E-state index contributed by atoms with van der Waals surface area (Å²) in [4.78, 5) is 26.4. The Bertz CT molecular complexity index is 823. The second kappa shape index (κ2) is 9.04. The molecule has 1 aliphatic carbocycles. The molecule has 1 N–H and O–H groups in total. The number of benzene rings is 2. The van der Waals surface area contributed by atoms with Crippen LogP contribution in [0.25, 0.3) is 0 Å².